The van der Waals surface area contributed by atoms with Gasteiger partial charge in [-0.25, -0.2) is 9.80 Å². The molecule has 0 radical (unpaired) electrons. The highest BCUT2D eigenvalue weighted by molar-refractivity contribution is 8.15. The van der Waals surface area contributed by atoms with Crippen molar-refractivity contribution in [3.63, 3.8) is 0 Å². The largest absolute Gasteiger partial charge is 0.461 e. The molecule has 0 N–H and O–H groups in total. The van der Waals surface area contributed by atoms with Crippen LogP contribution >= 0.6 is 11.8 Å². The number of hydrazone groups is 1. The molecule has 192 valence electrons. The standard InChI is InChI=1S/C28H46N2O3S/c1-7-9-10-11-12-13-14-15-16-17-18-34-27(28(32)33-8-2)29-30(6)26(31)21-25-23(4)19-22(3)20-24(25)5/h19-20H,7-18,21H2,1-6H3/b29-27-. The lowest BCUT2D eigenvalue weighted by atomic mass is 9.97. The number of aryl methyl sites for hydroxylation is 3. The predicted molar refractivity (Wildman–Crippen MR) is 145 cm³/mol. The summed E-state index contributed by atoms with van der Waals surface area (Å²) >= 11 is 1.39. The maximum Gasteiger partial charge on any atom is 0.365 e. The first-order valence-electron chi connectivity index (χ1n) is 13.0. The zero-order chi connectivity index (χ0) is 25.3. The minimum Gasteiger partial charge on any atom is -0.461 e. The molecule has 0 spiro atoms. The fraction of sp³-hybridized carbons (Fsp3) is 0.679. The van der Waals surface area contributed by atoms with Gasteiger partial charge in [-0.3, -0.25) is 4.79 Å². The third-order valence-corrected chi connectivity index (χ3v) is 6.97. The summed E-state index contributed by atoms with van der Waals surface area (Å²) in [6.07, 6.45) is 13.0. The van der Waals surface area contributed by atoms with Crippen LogP contribution in [0.2, 0.25) is 0 Å². The number of amides is 1. The first-order valence-corrected chi connectivity index (χ1v) is 14.0. The summed E-state index contributed by atoms with van der Waals surface area (Å²) in [4.78, 5) is 25.2. The molecule has 0 aliphatic rings. The van der Waals surface area contributed by atoms with E-state index in [1.807, 2.05) is 13.8 Å². The number of likely N-dealkylation sites (N-methyl/N-ethyl adjacent to an activating group) is 1. The molecule has 0 heterocycles. The third-order valence-electron chi connectivity index (χ3n) is 5.96. The van der Waals surface area contributed by atoms with Gasteiger partial charge in [0.2, 0.25) is 11.0 Å². The molecule has 1 rings (SSSR count). The second-order valence-electron chi connectivity index (χ2n) is 9.13. The van der Waals surface area contributed by atoms with Crippen LogP contribution in [0, 0.1) is 20.8 Å². The van der Waals surface area contributed by atoms with Gasteiger partial charge < -0.3 is 4.74 Å². The number of carbonyl (C=O) groups is 2. The van der Waals surface area contributed by atoms with Crippen LogP contribution in [0.4, 0.5) is 0 Å². The van der Waals surface area contributed by atoms with Crippen molar-refractivity contribution in [2.75, 3.05) is 19.4 Å². The number of hydrogen-bond acceptors (Lipinski definition) is 5. The van der Waals surface area contributed by atoms with Crippen molar-refractivity contribution >= 4 is 28.7 Å². The molecule has 0 fully saturated rings. The second-order valence-corrected chi connectivity index (χ2v) is 10.2. The number of unbranched alkanes of at least 4 members (excludes halogenated alkanes) is 9. The molecular formula is C28H46N2O3S. The zero-order valence-electron chi connectivity index (χ0n) is 22.4. The highest BCUT2D eigenvalue weighted by atomic mass is 32.2. The SMILES string of the molecule is CCCCCCCCCCCCS/C(=N\N(C)C(=O)Cc1c(C)cc(C)cc1C)C(=O)OCC. The Balaban J connectivity index is 2.54. The van der Waals surface area contributed by atoms with Gasteiger partial charge in [-0.05, 0) is 56.6 Å². The van der Waals surface area contributed by atoms with Gasteiger partial charge in [-0.15, -0.1) is 0 Å². The molecule has 5 nitrogen and oxygen atoms in total. The molecule has 0 bridgehead atoms. The summed E-state index contributed by atoms with van der Waals surface area (Å²) in [5, 5.41) is 5.88. The van der Waals surface area contributed by atoms with E-state index in [1.165, 1.54) is 73.7 Å². The molecule has 0 aromatic heterocycles. The van der Waals surface area contributed by atoms with Crippen LogP contribution in [0.3, 0.4) is 0 Å². The monoisotopic (exact) mass is 490 g/mol. The molecule has 0 saturated heterocycles. The first-order chi connectivity index (χ1) is 16.3. The average Bonchev–Trinajstić information content (AvgIpc) is 2.78. The van der Waals surface area contributed by atoms with Gasteiger partial charge in [-0.1, -0.05) is 94.2 Å². The van der Waals surface area contributed by atoms with E-state index in [4.69, 9.17) is 4.74 Å². The molecular weight excluding hydrogens is 444 g/mol. The summed E-state index contributed by atoms with van der Waals surface area (Å²) < 4.78 is 5.18. The first kappa shape index (κ1) is 30.2. The summed E-state index contributed by atoms with van der Waals surface area (Å²) in [5.41, 5.74) is 4.41. The highest BCUT2D eigenvalue weighted by Gasteiger charge is 2.18. The van der Waals surface area contributed by atoms with E-state index in [1.54, 1.807) is 14.0 Å². The third kappa shape index (κ3) is 12.0. The smallest absolute Gasteiger partial charge is 0.365 e. The van der Waals surface area contributed by atoms with Crippen LogP contribution in [-0.4, -0.2) is 41.3 Å². The van der Waals surface area contributed by atoms with Crippen molar-refractivity contribution < 1.29 is 14.3 Å². The van der Waals surface area contributed by atoms with Gasteiger partial charge in [0.25, 0.3) is 0 Å². The van der Waals surface area contributed by atoms with Crippen LogP contribution < -0.4 is 0 Å². The Kier molecular flexibility index (Phi) is 15.6. The Morgan fingerprint density at radius 2 is 1.41 bits per heavy atom. The van der Waals surface area contributed by atoms with E-state index in [0.717, 1.165) is 35.3 Å². The lowest BCUT2D eigenvalue weighted by molar-refractivity contribution is -0.134. The van der Waals surface area contributed by atoms with Crippen LogP contribution in [0.25, 0.3) is 0 Å². The number of rotatable bonds is 15. The molecule has 0 atom stereocenters. The number of hydrogen-bond donors (Lipinski definition) is 0. The van der Waals surface area contributed by atoms with Crippen molar-refractivity contribution in [1.29, 1.82) is 0 Å². The molecule has 0 unspecified atom stereocenters. The average molecular weight is 491 g/mol. The lowest BCUT2D eigenvalue weighted by Gasteiger charge is -2.16. The summed E-state index contributed by atoms with van der Waals surface area (Å²) in [7, 11) is 1.61. The number of nitrogens with zero attached hydrogens (tertiary/aromatic N) is 2. The lowest BCUT2D eigenvalue weighted by Crippen LogP contribution is -2.27. The number of thioether (sulfide) groups is 1. The van der Waals surface area contributed by atoms with E-state index in [2.05, 4.69) is 31.1 Å². The van der Waals surface area contributed by atoms with Gasteiger partial charge in [-0.2, -0.15) is 5.10 Å². The van der Waals surface area contributed by atoms with Crippen molar-refractivity contribution in [1.82, 2.24) is 5.01 Å². The van der Waals surface area contributed by atoms with Gasteiger partial charge in [0, 0.05) is 7.05 Å². The molecule has 0 aliphatic heterocycles. The predicted octanol–water partition coefficient (Wildman–Crippen LogP) is 7.14. The Morgan fingerprint density at radius 3 is 1.94 bits per heavy atom. The van der Waals surface area contributed by atoms with Gasteiger partial charge in [0.05, 0.1) is 13.0 Å². The van der Waals surface area contributed by atoms with Crippen molar-refractivity contribution in [3.8, 4) is 0 Å². The molecule has 1 aromatic carbocycles. The Labute approximate surface area is 212 Å². The Morgan fingerprint density at radius 1 is 0.882 bits per heavy atom. The van der Waals surface area contributed by atoms with Crippen LogP contribution in [0.1, 0.15) is 100 Å². The summed E-state index contributed by atoms with van der Waals surface area (Å²) in [6, 6.07) is 4.18. The van der Waals surface area contributed by atoms with Crippen molar-refractivity contribution in [3.05, 3.63) is 34.4 Å². The normalized spacial score (nSPS) is 11.5. The van der Waals surface area contributed by atoms with Gasteiger partial charge in [0.15, 0.2) is 0 Å². The number of benzene rings is 1. The van der Waals surface area contributed by atoms with Crippen LogP contribution in [0.5, 0.6) is 0 Å². The number of ether oxygens (including phenoxy) is 1. The van der Waals surface area contributed by atoms with Crippen molar-refractivity contribution in [2.24, 2.45) is 5.10 Å². The topological polar surface area (TPSA) is 59.0 Å². The minimum atomic E-state index is -0.457. The molecule has 0 aliphatic carbocycles. The van der Waals surface area contributed by atoms with Crippen LogP contribution in [-0.2, 0) is 20.7 Å². The Hall–Kier alpha value is -1.82. The van der Waals surface area contributed by atoms with E-state index < -0.39 is 5.97 Å². The fourth-order valence-corrected chi connectivity index (χ4v) is 4.92. The Bertz CT molecular complexity index is 769. The highest BCUT2D eigenvalue weighted by Crippen LogP contribution is 2.19. The van der Waals surface area contributed by atoms with Crippen molar-refractivity contribution in [2.45, 2.75) is 105 Å². The van der Waals surface area contributed by atoms with E-state index >= 15 is 0 Å². The zero-order valence-corrected chi connectivity index (χ0v) is 23.2. The fourth-order valence-electron chi connectivity index (χ4n) is 4.03. The molecule has 1 aromatic rings. The van der Waals surface area contributed by atoms with E-state index in [0.29, 0.717) is 0 Å². The van der Waals surface area contributed by atoms with Gasteiger partial charge >= 0.3 is 5.97 Å². The maximum atomic E-state index is 12.8. The van der Waals surface area contributed by atoms with E-state index in [9.17, 15) is 9.59 Å². The molecule has 34 heavy (non-hydrogen) atoms. The maximum absolute atomic E-state index is 12.8. The van der Waals surface area contributed by atoms with Gasteiger partial charge in [0.1, 0.15) is 0 Å². The molecule has 6 heteroatoms. The number of carbonyl (C=O) groups excluding carboxylic acids is 2. The van der Waals surface area contributed by atoms with E-state index in [-0.39, 0.29) is 24.0 Å². The number of esters is 1. The minimum absolute atomic E-state index is 0.142. The van der Waals surface area contributed by atoms with Crippen LogP contribution in [0.15, 0.2) is 17.2 Å². The molecule has 1 amide bonds. The quantitative estimate of drug-likeness (QED) is 0.0861. The summed E-state index contributed by atoms with van der Waals surface area (Å²) in [5.74, 6) is 0.199. The molecule has 0 saturated carbocycles. The summed E-state index contributed by atoms with van der Waals surface area (Å²) in [6.45, 7) is 10.4. The second kappa shape index (κ2) is 17.6.